The maximum atomic E-state index is 12.6. The lowest BCUT2D eigenvalue weighted by atomic mass is 9.53. The molecule has 2 N–H and O–H groups in total. The van der Waals surface area contributed by atoms with Crippen molar-refractivity contribution in [2.75, 3.05) is 0 Å². The lowest BCUT2D eigenvalue weighted by Crippen LogP contribution is -2.61. The van der Waals surface area contributed by atoms with E-state index in [-0.39, 0.29) is 17.2 Å². The molecule has 4 aliphatic carbocycles. The van der Waals surface area contributed by atoms with E-state index in [2.05, 4.69) is 10.6 Å². The van der Waals surface area contributed by atoms with E-state index in [1.807, 2.05) is 12.1 Å². The monoisotopic (exact) mass is 414 g/mol. The zero-order chi connectivity index (χ0) is 19.3. The maximum absolute atomic E-state index is 12.6. The van der Waals surface area contributed by atoms with Crippen molar-refractivity contribution in [3.63, 3.8) is 0 Å². The van der Waals surface area contributed by atoms with E-state index in [0.717, 1.165) is 23.3 Å². The number of halogens is 1. The molecule has 0 spiro atoms. The standard InChI is InChI=1S/C22H23ClN2O2S/c23-17-3-1-16(2-4-17)18-5-6-19(27-18)20(26)24-21(28)25-22-10-13-7-14(11-22)9-15(8-13)12-22/h1-6,13-15H,7-12H2,(H2,24,25,26,28). The van der Waals surface area contributed by atoms with Gasteiger partial charge >= 0.3 is 0 Å². The fourth-order valence-corrected chi connectivity index (χ4v) is 6.36. The Morgan fingerprint density at radius 2 is 1.61 bits per heavy atom. The van der Waals surface area contributed by atoms with E-state index in [0.29, 0.717) is 15.9 Å². The van der Waals surface area contributed by atoms with Crippen LogP contribution in [-0.4, -0.2) is 16.6 Å². The number of carbonyl (C=O) groups excluding carboxylic acids is 1. The highest BCUT2D eigenvalue weighted by atomic mass is 35.5. The van der Waals surface area contributed by atoms with Crippen LogP contribution in [0.5, 0.6) is 0 Å². The van der Waals surface area contributed by atoms with Gasteiger partial charge in [0.2, 0.25) is 0 Å². The van der Waals surface area contributed by atoms with Crippen molar-refractivity contribution in [2.45, 2.75) is 44.1 Å². The Morgan fingerprint density at radius 1 is 1.00 bits per heavy atom. The normalized spacial score (nSPS) is 30.2. The number of thiocarbonyl (C=S) groups is 1. The number of furan rings is 1. The predicted octanol–water partition coefficient (Wildman–Crippen LogP) is 5.17. The molecule has 28 heavy (non-hydrogen) atoms. The first-order valence-electron chi connectivity index (χ1n) is 9.97. The molecule has 2 aromatic rings. The summed E-state index contributed by atoms with van der Waals surface area (Å²) in [6.45, 7) is 0. The zero-order valence-corrected chi connectivity index (χ0v) is 17.1. The van der Waals surface area contributed by atoms with E-state index >= 15 is 0 Å². The van der Waals surface area contributed by atoms with Gasteiger partial charge < -0.3 is 9.73 Å². The molecule has 6 heteroatoms. The van der Waals surface area contributed by atoms with E-state index in [9.17, 15) is 4.79 Å². The van der Waals surface area contributed by atoms with E-state index in [1.165, 1.54) is 38.5 Å². The lowest BCUT2D eigenvalue weighted by Gasteiger charge is -2.57. The van der Waals surface area contributed by atoms with Gasteiger partial charge in [0, 0.05) is 16.1 Å². The van der Waals surface area contributed by atoms with Crippen LogP contribution in [0.1, 0.15) is 49.1 Å². The molecule has 1 aromatic carbocycles. The Kier molecular flexibility index (Phi) is 4.48. The second kappa shape index (κ2) is 6.89. The quantitative estimate of drug-likeness (QED) is 0.680. The van der Waals surface area contributed by atoms with Crippen molar-refractivity contribution < 1.29 is 9.21 Å². The Morgan fingerprint density at radius 3 is 2.21 bits per heavy atom. The smallest absolute Gasteiger partial charge is 0.293 e. The molecule has 0 unspecified atom stereocenters. The number of rotatable bonds is 3. The van der Waals surface area contributed by atoms with E-state index in [4.69, 9.17) is 28.2 Å². The molecule has 1 aromatic heterocycles. The summed E-state index contributed by atoms with van der Waals surface area (Å²) in [5.41, 5.74) is 0.953. The summed E-state index contributed by atoms with van der Waals surface area (Å²) in [5.74, 6) is 3.03. The Labute approximate surface area is 175 Å². The number of hydrogen-bond acceptors (Lipinski definition) is 3. The molecule has 146 valence electrons. The predicted molar refractivity (Wildman–Crippen MR) is 113 cm³/mol. The fourth-order valence-electron chi connectivity index (χ4n) is 5.93. The molecule has 4 bridgehead atoms. The minimum Gasteiger partial charge on any atom is -0.451 e. The highest BCUT2D eigenvalue weighted by molar-refractivity contribution is 7.80. The first kappa shape index (κ1) is 18.2. The molecule has 1 amide bonds. The first-order chi connectivity index (χ1) is 13.5. The number of hydrogen-bond donors (Lipinski definition) is 2. The summed E-state index contributed by atoms with van der Waals surface area (Å²) in [4.78, 5) is 12.6. The van der Waals surface area contributed by atoms with Gasteiger partial charge in [0.1, 0.15) is 5.76 Å². The van der Waals surface area contributed by atoms with E-state index < -0.39 is 0 Å². The van der Waals surface area contributed by atoms with Crippen molar-refractivity contribution in [1.29, 1.82) is 0 Å². The van der Waals surface area contributed by atoms with Crippen LogP contribution >= 0.6 is 23.8 Å². The van der Waals surface area contributed by atoms with Gasteiger partial charge in [0.25, 0.3) is 5.91 Å². The van der Waals surface area contributed by atoms with Crippen LogP contribution in [0.3, 0.4) is 0 Å². The summed E-state index contributed by atoms with van der Waals surface area (Å²) in [6.07, 6.45) is 7.66. The van der Waals surface area contributed by atoms with Gasteiger partial charge in [-0.25, -0.2) is 0 Å². The van der Waals surface area contributed by atoms with Gasteiger partial charge in [0.05, 0.1) is 0 Å². The van der Waals surface area contributed by atoms with Crippen LogP contribution in [0, 0.1) is 17.8 Å². The Balaban J connectivity index is 1.23. The van der Waals surface area contributed by atoms with Crippen molar-refractivity contribution >= 4 is 34.8 Å². The molecule has 4 aliphatic rings. The Hall–Kier alpha value is -1.85. The van der Waals surface area contributed by atoms with Crippen LogP contribution in [-0.2, 0) is 0 Å². The largest absolute Gasteiger partial charge is 0.451 e. The first-order valence-corrected chi connectivity index (χ1v) is 10.8. The number of carbonyl (C=O) groups is 1. The maximum Gasteiger partial charge on any atom is 0.293 e. The molecule has 4 saturated carbocycles. The van der Waals surface area contributed by atoms with Gasteiger partial charge in [0.15, 0.2) is 10.9 Å². The third kappa shape index (κ3) is 3.46. The van der Waals surface area contributed by atoms with Crippen LogP contribution in [0.2, 0.25) is 5.02 Å². The van der Waals surface area contributed by atoms with Crippen LogP contribution in [0.4, 0.5) is 0 Å². The lowest BCUT2D eigenvalue weighted by molar-refractivity contribution is -0.0101. The fraction of sp³-hybridized carbons (Fsp3) is 0.455. The second-order valence-corrected chi connectivity index (χ2v) is 9.62. The van der Waals surface area contributed by atoms with Crippen LogP contribution in [0.15, 0.2) is 40.8 Å². The molecule has 4 nitrogen and oxygen atoms in total. The van der Waals surface area contributed by atoms with E-state index in [1.54, 1.807) is 24.3 Å². The Bertz CT molecular complexity index is 886. The minimum atomic E-state index is -0.317. The van der Waals surface area contributed by atoms with Crippen molar-refractivity contribution in [3.05, 3.63) is 47.2 Å². The number of nitrogens with one attached hydrogen (secondary N) is 2. The van der Waals surface area contributed by atoms with Crippen molar-refractivity contribution in [2.24, 2.45) is 17.8 Å². The minimum absolute atomic E-state index is 0.0801. The van der Waals surface area contributed by atoms with Gasteiger partial charge in [-0.05, 0) is 105 Å². The molecular formula is C22H23ClN2O2S. The number of benzene rings is 1. The summed E-state index contributed by atoms with van der Waals surface area (Å²) in [6, 6.07) is 10.8. The van der Waals surface area contributed by atoms with Crippen LogP contribution in [0.25, 0.3) is 11.3 Å². The SMILES string of the molecule is O=C(NC(=S)NC12CC3CC(CC(C3)C1)C2)c1ccc(-c2ccc(Cl)cc2)o1. The highest BCUT2D eigenvalue weighted by Crippen LogP contribution is 2.55. The highest BCUT2D eigenvalue weighted by Gasteiger charge is 2.51. The van der Waals surface area contributed by atoms with Crippen molar-refractivity contribution in [1.82, 2.24) is 10.6 Å². The average molecular weight is 415 g/mol. The third-order valence-corrected chi connectivity index (χ3v) is 7.06. The van der Waals surface area contributed by atoms with Crippen LogP contribution < -0.4 is 10.6 Å². The molecule has 6 rings (SSSR count). The topological polar surface area (TPSA) is 54.3 Å². The molecule has 4 fully saturated rings. The zero-order valence-electron chi connectivity index (χ0n) is 15.5. The van der Waals surface area contributed by atoms with Gasteiger partial charge in [-0.2, -0.15) is 0 Å². The summed E-state index contributed by atoms with van der Waals surface area (Å²) in [7, 11) is 0. The summed E-state index contributed by atoms with van der Waals surface area (Å²) < 4.78 is 5.72. The van der Waals surface area contributed by atoms with Gasteiger partial charge in [-0.1, -0.05) is 11.6 Å². The van der Waals surface area contributed by atoms with Gasteiger partial charge in [-0.15, -0.1) is 0 Å². The van der Waals surface area contributed by atoms with Crippen molar-refractivity contribution in [3.8, 4) is 11.3 Å². The molecule has 0 aliphatic heterocycles. The summed E-state index contributed by atoms with van der Waals surface area (Å²) in [5, 5.41) is 7.40. The number of amides is 1. The average Bonchev–Trinajstić information content (AvgIpc) is 3.10. The third-order valence-electron chi connectivity index (χ3n) is 6.60. The molecule has 1 heterocycles. The van der Waals surface area contributed by atoms with Gasteiger partial charge in [-0.3, -0.25) is 10.1 Å². The summed E-state index contributed by atoms with van der Waals surface area (Å²) >= 11 is 11.4. The molecule has 0 radical (unpaired) electrons. The molecular weight excluding hydrogens is 392 g/mol. The molecule has 0 saturated heterocycles. The second-order valence-electron chi connectivity index (χ2n) is 8.78. The molecule has 0 atom stereocenters.